The fraction of sp³-hybridized carbons (Fsp3) is 0.333. The molecule has 0 atom stereocenters. The van der Waals surface area contributed by atoms with Gasteiger partial charge in [-0.15, -0.1) is 0 Å². The maximum Gasteiger partial charge on any atom is 0.262 e. The molecular weight excluding hydrogens is 204 g/mol. The Labute approximate surface area is 93.2 Å². The molecule has 2 aliphatic rings. The molecule has 0 bridgehead atoms. The van der Waals surface area contributed by atoms with Crippen LogP contribution in [0.5, 0.6) is 0 Å². The third-order valence-corrected chi connectivity index (χ3v) is 3.35. The molecule has 4 heteroatoms. The summed E-state index contributed by atoms with van der Waals surface area (Å²) >= 11 is 0. The summed E-state index contributed by atoms with van der Waals surface area (Å²) in [7, 11) is 0. The first kappa shape index (κ1) is 9.54. The number of rotatable bonds is 1. The SMILES string of the molecule is CC1(N2C(=O)c3ccccc3C2=O)CNC1. The zero-order valence-electron chi connectivity index (χ0n) is 8.99. The second kappa shape index (κ2) is 2.92. The predicted molar refractivity (Wildman–Crippen MR) is 58.2 cm³/mol. The van der Waals surface area contributed by atoms with Crippen molar-refractivity contribution in [1.29, 1.82) is 0 Å². The Balaban J connectivity index is 2.08. The van der Waals surface area contributed by atoms with E-state index in [9.17, 15) is 9.59 Å². The van der Waals surface area contributed by atoms with E-state index in [1.54, 1.807) is 24.3 Å². The predicted octanol–water partition coefficient (Wildman–Crippen LogP) is 0.645. The summed E-state index contributed by atoms with van der Waals surface area (Å²) in [6, 6.07) is 7.00. The van der Waals surface area contributed by atoms with E-state index in [0.29, 0.717) is 24.2 Å². The van der Waals surface area contributed by atoms with Gasteiger partial charge in [-0.25, -0.2) is 0 Å². The molecule has 1 aromatic rings. The summed E-state index contributed by atoms with van der Waals surface area (Å²) in [5.74, 6) is -0.325. The molecule has 0 radical (unpaired) electrons. The number of nitrogens with one attached hydrogen (secondary N) is 1. The van der Waals surface area contributed by atoms with Crippen LogP contribution in [-0.2, 0) is 0 Å². The van der Waals surface area contributed by atoms with Crippen LogP contribution in [-0.4, -0.2) is 35.3 Å². The molecule has 1 saturated heterocycles. The Hall–Kier alpha value is -1.68. The van der Waals surface area contributed by atoms with Crippen molar-refractivity contribution >= 4 is 11.8 Å². The molecule has 3 rings (SSSR count). The lowest BCUT2D eigenvalue weighted by molar-refractivity contribution is 0.0336. The molecule has 0 saturated carbocycles. The molecule has 0 unspecified atom stereocenters. The fourth-order valence-electron chi connectivity index (χ4n) is 2.32. The molecule has 4 nitrogen and oxygen atoms in total. The van der Waals surface area contributed by atoms with Crippen molar-refractivity contribution in [3.8, 4) is 0 Å². The van der Waals surface area contributed by atoms with Gasteiger partial charge in [-0.3, -0.25) is 14.5 Å². The lowest BCUT2D eigenvalue weighted by Gasteiger charge is -2.45. The summed E-state index contributed by atoms with van der Waals surface area (Å²) in [4.78, 5) is 25.6. The number of nitrogens with zero attached hydrogens (tertiary/aromatic N) is 1. The number of hydrogen-bond donors (Lipinski definition) is 1. The molecule has 0 aliphatic carbocycles. The van der Waals surface area contributed by atoms with Crippen LogP contribution in [0.3, 0.4) is 0 Å². The summed E-state index contributed by atoms with van der Waals surface area (Å²) < 4.78 is 0. The Morgan fingerprint density at radius 2 is 1.62 bits per heavy atom. The summed E-state index contributed by atoms with van der Waals surface area (Å²) in [6.07, 6.45) is 0. The number of imide groups is 1. The van der Waals surface area contributed by atoms with Gasteiger partial charge in [0, 0.05) is 13.1 Å². The third-order valence-electron chi connectivity index (χ3n) is 3.35. The van der Waals surface area contributed by atoms with Gasteiger partial charge in [-0.2, -0.15) is 0 Å². The molecule has 0 aromatic heterocycles. The van der Waals surface area contributed by atoms with E-state index in [2.05, 4.69) is 5.32 Å². The molecule has 1 fully saturated rings. The van der Waals surface area contributed by atoms with E-state index < -0.39 is 0 Å². The molecule has 1 N–H and O–H groups in total. The summed E-state index contributed by atoms with van der Waals surface area (Å²) in [5, 5.41) is 3.10. The quantitative estimate of drug-likeness (QED) is 0.701. The Bertz CT molecular complexity index is 457. The Kier molecular flexibility index (Phi) is 1.74. The highest BCUT2D eigenvalue weighted by Gasteiger charge is 2.49. The number of benzene rings is 1. The maximum atomic E-state index is 12.1. The number of carbonyl (C=O) groups excluding carboxylic acids is 2. The minimum absolute atomic E-state index is 0.162. The molecule has 16 heavy (non-hydrogen) atoms. The normalized spacial score (nSPS) is 21.9. The van der Waals surface area contributed by atoms with Crippen LogP contribution >= 0.6 is 0 Å². The number of amides is 2. The van der Waals surface area contributed by atoms with Crippen LogP contribution in [0.4, 0.5) is 0 Å². The van der Waals surface area contributed by atoms with E-state index in [1.165, 1.54) is 4.90 Å². The number of fused-ring (bicyclic) bond motifs is 1. The first-order valence-corrected chi connectivity index (χ1v) is 5.32. The number of hydrogen-bond acceptors (Lipinski definition) is 3. The highest BCUT2D eigenvalue weighted by Crippen LogP contribution is 2.31. The zero-order chi connectivity index (χ0) is 11.3. The van der Waals surface area contributed by atoms with Crippen molar-refractivity contribution in [3.63, 3.8) is 0 Å². The average Bonchev–Trinajstić information content (AvgIpc) is 2.50. The van der Waals surface area contributed by atoms with E-state index in [0.717, 1.165) is 0 Å². The van der Waals surface area contributed by atoms with Crippen LogP contribution < -0.4 is 5.32 Å². The molecule has 0 spiro atoms. The van der Waals surface area contributed by atoms with Gasteiger partial charge in [0.05, 0.1) is 16.7 Å². The Morgan fingerprint density at radius 1 is 1.12 bits per heavy atom. The smallest absolute Gasteiger partial charge is 0.262 e. The van der Waals surface area contributed by atoms with Gasteiger partial charge < -0.3 is 5.32 Å². The minimum Gasteiger partial charge on any atom is -0.312 e. The third kappa shape index (κ3) is 1.02. The van der Waals surface area contributed by atoms with Gasteiger partial charge in [0.1, 0.15) is 0 Å². The maximum absolute atomic E-state index is 12.1. The summed E-state index contributed by atoms with van der Waals surface area (Å²) in [6.45, 7) is 3.29. The summed E-state index contributed by atoms with van der Waals surface area (Å²) in [5.41, 5.74) is 0.703. The van der Waals surface area contributed by atoms with E-state index in [-0.39, 0.29) is 17.4 Å². The van der Waals surface area contributed by atoms with E-state index in [1.807, 2.05) is 6.92 Å². The molecule has 2 heterocycles. The van der Waals surface area contributed by atoms with Gasteiger partial charge in [0.15, 0.2) is 0 Å². The van der Waals surface area contributed by atoms with Gasteiger partial charge >= 0.3 is 0 Å². The van der Waals surface area contributed by atoms with Crippen molar-refractivity contribution in [3.05, 3.63) is 35.4 Å². The van der Waals surface area contributed by atoms with Crippen LogP contribution in [0.25, 0.3) is 0 Å². The second-order valence-corrected chi connectivity index (χ2v) is 4.59. The van der Waals surface area contributed by atoms with Gasteiger partial charge in [0.25, 0.3) is 11.8 Å². The number of carbonyl (C=O) groups is 2. The first-order chi connectivity index (χ1) is 7.63. The molecule has 2 aliphatic heterocycles. The largest absolute Gasteiger partial charge is 0.312 e. The molecule has 1 aromatic carbocycles. The van der Waals surface area contributed by atoms with E-state index >= 15 is 0 Å². The Morgan fingerprint density at radius 3 is 2.00 bits per heavy atom. The lowest BCUT2D eigenvalue weighted by Crippen LogP contribution is -2.68. The highest BCUT2D eigenvalue weighted by molar-refractivity contribution is 6.21. The average molecular weight is 216 g/mol. The van der Waals surface area contributed by atoms with Crippen LogP contribution in [0.2, 0.25) is 0 Å². The first-order valence-electron chi connectivity index (χ1n) is 5.32. The molecular formula is C12H12N2O2. The van der Waals surface area contributed by atoms with Gasteiger partial charge in [-0.05, 0) is 19.1 Å². The van der Waals surface area contributed by atoms with Gasteiger partial charge in [0.2, 0.25) is 0 Å². The second-order valence-electron chi connectivity index (χ2n) is 4.59. The van der Waals surface area contributed by atoms with E-state index in [4.69, 9.17) is 0 Å². The van der Waals surface area contributed by atoms with Crippen LogP contribution in [0.1, 0.15) is 27.6 Å². The fourth-order valence-corrected chi connectivity index (χ4v) is 2.32. The monoisotopic (exact) mass is 216 g/mol. The highest BCUT2D eigenvalue weighted by atomic mass is 16.2. The lowest BCUT2D eigenvalue weighted by atomic mass is 9.93. The van der Waals surface area contributed by atoms with Gasteiger partial charge in [-0.1, -0.05) is 12.1 Å². The minimum atomic E-state index is -0.354. The van der Waals surface area contributed by atoms with Crippen molar-refractivity contribution in [2.24, 2.45) is 0 Å². The topological polar surface area (TPSA) is 49.4 Å². The van der Waals surface area contributed by atoms with Crippen molar-refractivity contribution < 1.29 is 9.59 Å². The van der Waals surface area contributed by atoms with Crippen LogP contribution in [0, 0.1) is 0 Å². The molecule has 2 amide bonds. The van der Waals surface area contributed by atoms with Crippen molar-refractivity contribution in [2.45, 2.75) is 12.5 Å². The van der Waals surface area contributed by atoms with Crippen molar-refractivity contribution in [2.75, 3.05) is 13.1 Å². The van der Waals surface area contributed by atoms with Crippen molar-refractivity contribution in [1.82, 2.24) is 10.2 Å². The zero-order valence-corrected chi connectivity index (χ0v) is 8.99. The molecule has 82 valence electrons. The van der Waals surface area contributed by atoms with Crippen LogP contribution in [0.15, 0.2) is 24.3 Å². The standard InChI is InChI=1S/C12H12N2O2/c1-12(6-13-7-12)14-10(15)8-4-2-3-5-9(8)11(14)16/h2-5,13H,6-7H2,1H3.